The van der Waals surface area contributed by atoms with Gasteiger partial charge in [-0.15, -0.1) is 0 Å². The van der Waals surface area contributed by atoms with Gasteiger partial charge in [0.15, 0.2) is 0 Å². The van der Waals surface area contributed by atoms with Gasteiger partial charge in [-0.3, -0.25) is 9.69 Å². The van der Waals surface area contributed by atoms with Gasteiger partial charge in [0.2, 0.25) is 0 Å². The number of aliphatic carboxylic acids is 1. The highest BCUT2D eigenvalue weighted by Crippen LogP contribution is 2.38. The Hall–Kier alpha value is -1.55. The predicted molar refractivity (Wildman–Crippen MR) is 66.4 cm³/mol. The number of rotatable bonds is 3. The number of carbonyl (C=O) groups is 1. The zero-order chi connectivity index (χ0) is 12.7. The van der Waals surface area contributed by atoms with Gasteiger partial charge in [0, 0.05) is 13.1 Å². The Kier molecular flexibility index (Phi) is 2.74. The molecule has 0 bridgehead atoms. The van der Waals surface area contributed by atoms with Gasteiger partial charge in [0.05, 0.1) is 0 Å². The summed E-state index contributed by atoms with van der Waals surface area (Å²) in [7, 11) is 0. The number of benzene rings is 1. The lowest BCUT2D eigenvalue weighted by molar-refractivity contribution is -0.144. The van der Waals surface area contributed by atoms with Crippen LogP contribution >= 0.6 is 0 Å². The number of carboxylic acid groups (broad SMARTS) is 1. The predicted octanol–water partition coefficient (Wildman–Crippen LogP) is 1.61. The molecule has 0 saturated heterocycles. The Bertz CT molecular complexity index is 482. The molecule has 1 saturated carbocycles. The average molecular weight is 247 g/mol. The van der Waals surface area contributed by atoms with E-state index in [1.807, 2.05) is 17.0 Å². The fraction of sp³-hybridized carbons (Fsp3) is 0.500. The summed E-state index contributed by atoms with van der Waals surface area (Å²) < 4.78 is 0. The summed E-state index contributed by atoms with van der Waals surface area (Å²) in [6.45, 7) is 1.36. The first-order valence-electron chi connectivity index (χ1n) is 6.43. The molecule has 0 radical (unpaired) electrons. The number of carboxylic acids is 1. The SMILES string of the molecule is O=C(O)C(C1CC1)N1CCc2c(O)cccc2C1. The van der Waals surface area contributed by atoms with Crippen molar-refractivity contribution in [2.45, 2.75) is 31.8 Å². The average Bonchev–Trinajstić information content (AvgIpc) is 3.13. The zero-order valence-electron chi connectivity index (χ0n) is 10.2. The van der Waals surface area contributed by atoms with Crippen molar-refractivity contribution in [3.8, 4) is 5.75 Å². The van der Waals surface area contributed by atoms with Crippen molar-refractivity contribution < 1.29 is 15.0 Å². The maximum absolute atomic E-state index is 11.4. The molecule has 1 fully saturated rings. The van der Waals surface area contributed by atoms with Gasteiger partial charge in [0.25, 0.3) is 0 Å². The molecule has 0 aromatic heterocycles. The van der Waals surface area contributed by atoms with Gasteiger partial charge in [-0.25, -0.2) is 0 Å². The van der Waals surface area contributed by atoms with E-state index in [1.54, 1.807) is 6.07 Å². The molecule has 0 amide bonds. The maximum Gasteiger partial charge on any atom is 0.321 e. The van der Waals surface area contributed by atoms with E-state index in [4.69, 9.17) is 0 Å². The van der Waals surface area contributed by atoms with Crippen molar-refractivity contribution in [2.24, 2.45) is 5.92 Å². The van der Waals surface area contributed by atoms with Crippen LogP contribution in [0.1, 0.15) is 24.0 Å². The molecule has 1 aromatic rings. The molecule has 3 rings (SSSR count). The minimum Gasteiger partial charge on any atom is -0.508 e. The second-order valence-corrected chi connectivity index (χ2v) is 5.26. The lowest BCUT2D eigenvalue weighted by Gasteiger charge is -2.33. The minimum atomic E-state index is -0.707. The van der Waals surface area contributed by atoms with Crippen LogP contribution in [0, 0.1) is 5.92 Å². The van der Waals surface area contributed by atoms with Gasteiger partial charge in [-0.05, 0) is 42.4 Å². The van der Waals surface area contributed by atoms with E-state index < -0.39 is 5.97 Å². The van der Waals surface area contributed by atoms with Crippen LogP contribution in [-0.2, 0) is 17.8 Å². The van der Waals surface area contributed by atoms with Crippen molar-refractivity contribution in [1.82, 2.24) is 4.90 Å². The van der Waals surface area contributed by atoms with E-state index in [9.17, 15) is 15.0 Å². The van der Waals surface area contributed by atoms with Crippen LogP contribution in [0.3, 0.4) is 0 Å². The third-order valence-corrected chi connectivity index (χ3v) is 3.99. The normalized spacial score (nSPS) is 21.3. The summed E-state index contributed by atoms with van der Waals surface area (Å²) in [6.07, 6.45) is 2.79. The molecular formula is C14H17NO3. The molecule has 18 heavy (non-hydrogen) atoms. The number of hydrogen-bond donors (Lipinski definition) is 2. The van der Waals surface area contributed by atoms with Crippen LogP contribution in [0.4, 0.5) is 0 Å². The highest BCUT2D eigenvalue weighted by atomic mass is 16.4. The lowest BCUT2D eigenvalue weighted by Crippen LogP contribution is -2.45. The monoisotopic (exact) mass is 247 g/mol. The smallest absolute Gasteiger partial charge is 0.321 e. The lowest BCUT2D eigenvalue weighted by atomic mass is 9.96. The fourth-order valence-corrected chi connectivity index (χ4v) is 2.92. The quantitative estimate of drug-likeness (QED) is 0.852. The van der Waals surface area contributed by atoms with Gasteiger partial charge in [-0.1, -0.05) is 12.1 Å². The van der Waals surface area contributed by atoms with Crippen LogP contribution in [-0.4, -0.2) is 33.7 Å². The standard InChI is InChI=1S/C14H17NO3/c16-12-3-1-2-10-8-15(7-6-11(10)12)13(14(17)18)9-4-5-9/h1-3,9,13,16H,4-8H2,(H,17,18). The topological polar surface area (TPSA) is 60.8 Å². The molecule has 4 nitrogen and oxygen atoms in total. The van der Waals surface area contributed by atoms with E-state index in [2.05, 4.69) is 0 Å². The van der Waals surface area contributed by atoms with Crippen LogP contribution < -0.4 is 0 Å². The first-order chi connectivity index (χ1) is 8.66. The van der Waals surface area contributed by atoms with Gasteiger partial charge in [-0.2, -0.15) is 0 Å². The molecular weight excluding hydrogens is 230 g/mol. The molecule has 2 aliphatic rings. The molecule has 0 spiro atoms. The Labute approximate surface area is 106 Å². The third kappa shape index (κ3) is 1.97. The number of phenolic OH excluding ortho intramolecular Hbond substituents is 1. The van der Waals surface area contributed by atoms with Crippen LogP contribution in [0.5, 0.6) is 5.75 Å². The van der Waals surface area contributed by atoms with Crippen molar-refractivity contribution in [2.75, 3.05) is 6.54 Å². The molecule has 1 aliphatic heterocycles. The molecule has 1 aliphatic carbocycles. The fourth-order valence-electron chi connectivity index (χ4n) is 2.92. The molecule has 4 heteroatoms. The van der Waals surface area contributed by atoms with E-state index in [0.717, 1.165) is 36.9 Å². The molecule has 2 N–H and O–H groups in total. The summed E-state index contributed by atoms with van der Waals surface area (Å²) in [6, 6.07) is 5.15. The number of hydrogen-bond acceptors (Lipinski definition) is 3. The molecule has 96 valence electrons. The summed E-state index contributed by atoms with van der Waals surface area (Å²) in [5.74, 6) is -0.0482. The van der Waals surface area contributed by atoms with Gasteiger partial charge >= 0.3 is 5.97 Å². The van der Waals surface area contributed by atoms with E-state index >= 15 is 0 Å². The number of nitrogens with zero attached hydrogens (tertiary/aromatic N) is 1. The molecule has 1 heterocycles. The van der Waals surface area contributed by atoms with Crippen molar-refractivity contribution in [3.05, 3.63) is 29.3 Å². The van der Waals surface area contributed by atoms with Crippen molar-refractivity contribution in [1.29, 1.82) is 0 Å². The van der Waals surface area contributed by atoms with Crippen molar-refractivity contribution in [3.63, 3.8) is 0 Å². The Morgan fingerprint density at radius 2 is 2.17 bits per heavy atom. The van der Waals surface area contributed by atoms with Gasteiger partial charge < -0.3 is 10.2 Å². The zero-order valence-corrected chi connectivity index (χ0v) is 10.2. The summed E-state index contributed by atoms with van der Waals surface area (Å²) in [4.78, 5) is 13.4. The summed E-state index contributed by atoms with van der Waals surface area (Å²) >= 11 is 0. The molecule has 1 aromatic carbocycles. The maximum atomic E-state index is 11.4. The van der Waals surface area contributed by atoms with Crippen LogP contribution in [0.25, 0.3) is 0 Å². The first kappa shape index (κ1) is 11.5. The Balaban J connectivity index is 1.83. The highest BCUT2D eigenvalue weighted by Gasteiger charge is 2.41. The summed E-state index contributed by atoms with van der Waals surface area (Å²) in [5, 5.41) is 19.1. The van der Waals surface area contributed by atoms with Crippen LogP contribution in [0.2, 0.25) is 0 Å². The van der Waals surface area contributed by atoms with Crippen LogP contribution in [0.15, 0.2) is 18.2 Å². The Morgan fingerprint density at radius 1 is 1.39 bits per heavy atom. The van der Waals surface area contributed by atoms with Gasteiger partial charge in [0.1, 0.15) is 11.8 Å². The first-order valence-corrected chi connectivity index (χ1v) is 6.43. The number of phenols is 1. The highest BCUT2D eigenvalue weighted by molar-refractivity contribution is 5.74. The summed E-state index contributed by atoms with van der Waals surface area (Å²) in [5.41, 5.74) is 2.04. The molecule has 1 atom stereocenters. The van der Waals surface area contributed by atoms with Crippen molar-refractivity contribution >= 4 is 5.97 Å². The third-order valence-electron chi connectivity index (χ3n) is 3.99. The molecule has 1 unspecified atom stereocenters. The minimum absolute atomic E-state index is 0.321. The Morgan fingerprint density at radius 3 is 2.83 bits per heavy atom. The largest absolute Gasteiger partial charge is 0.508 e. The second kappa shape index (κ2) is 4.28. The van der Waals surface area contributed by atoms with E-state index in [1.165, 1.54) is 0 Å². The second-order valence-electron chi connectivity index (χ2n) is 5.26. The van der Waals surface area contributed by atoms with E-state index in [0.29, 0.717) is 18.2 Å². The van der Waals surface area contributed by atoms with E-state index in [-0.39, 0.29) is 6.04 Å². The number of aromatic hydroxyl groups is 1. The number of fused-ring (bicyclic) bond motifs is 1.